The Morgan fingerprint density at radius 1 is 1.40 bits per heavy atom. The zero-order chi connectivity index (χ0) is 13.9. The van der Waals surface area contributed by atoms with Crippen LogP contribution in [0.4, 0.5) is 0 Å². The molecule has 0 N–H and O–H groups in total. The molecule has 0 fully saturated rings. The Balaban J connectivity index is 1.80. The second kappa shape index (κ2) is 5.76. The Hall–Kier alpha value is -1.67. The number of rotatable bonds is 5. The Morgan fingerprint density at radius 3 is 2.95 bits per heavy atom. The van der Waals surface area contributed by atoms with E-state index >= 15 is 0 Å². The molecule has 8 heteroatoms. The van der Waals surface area contributed by atoms with E-state index in [4.69, 9.17) is 4.52 Å². The molecule has 3 aromatic heterocycles. The predicted molar refractivity (Wildman–Crippen MR) is 77.6 cm³/mol. The first-order valence-electron chi connectivity index (χ1n) is 6.17. The third-order valence-corrected chi connectivity index (χ3v) is 4.49. The molecule has 0 spiro atoms. The highest BCUT2D eigenvalue weighted by molar-refractivity contribution is 7.98. The van der Waals surface area contributed by atoms with E-state index in [1.807, 2.05) is 11.4 Å². The van der Waals surface area contributed by atoms with Gasteiger partial charge in [-0.3, -0.25) is 0 Å². The Morgan fingerprint density at radius 2 is 2.30 bits per heavy atom. The van der Waals surface area contributed by atoms with Crippen LogP contribution in [-0.4, -0.2) is 24.9 Å². The highest BCUT2D eigenvalue weighted by Gasteiger charge is 2.15. The third-order valence-electron chi connectivity index (χ3n) is 2.67. The second-order valence-corrected chi connectivity index (χ2v) is 5.94. The maximum Gasteiger partial charge on any atom is 0.237 e. The molecule has 0 aliphatic heterocycles. The molecular formula is C12H13N5OS2. The molecule has 3 rings (SSSR count). The summed E-state index contributed by atoms with van der Waals surface area (Å²) in [6, 6.07) is 4.07. The smallest absolute Gasteiger partial charge is 0.237 e. The van der Waals surface area contributed by atoms with E-state index in [9.17, 15) is 0 Å². The standard InChI is InChI=1S/C12H13N5OS2/c1-3-17-11(9-5-4-6-19-9)14-15-12(17)20-7-10-13-8(2)16-18-10/h4-6H,3,7H2,1-2H3. The molecular weight excluding hydrogens is 294 g/mol. The van der Waals surface area contributed by atoms with Crippen molar-refractivity contribution in [3.63, 3.8) is 0 Å². The maximum atomic E-state index is 5.10. The largest absolute Gasteiger partial charge is 0.338 e. The summed E-state index contributed by atoms with van der Waals surface area (Å²) in [7, 11) is 0. The second-order valence-electron chi connectivity index (χ2n) is 4.05. The Labute approximate surface area is 124 Å². The van der Waals surface area contributed by atoms with Crippen LogP contribution in [0.3, 0.4) is 0 Å². The van der Waals surface area contributed by atoms with Gasteiger partial charge in [0.15, 0.2) is 16.8 Å². The lowest BCUT2D eigenvalue weighted by molar-refractivity contribution is 0.387. The summed E-state index contributed by atoms with van der Waals surface area (Å²) in [4.78, 5) is 5.31. The van der Waals surface area contributed by atoms with Gasteiger partial charge < -0.3 is 9.09 Å². The van der Waals surface area contributed by atoms with Crippen molar-refractivity contribution in [3.05, 3.63) is 29.2 Å². The fourth-order valence-electron chi connectivity index (χ4n) is 1.79. The SMILES string of the molecule is CCn1c(SCc2nc(C)no2)nnc1-c1cccs1. The first-order chi connectivity index (χ1) is 9.78. The minimum atomic E-state index is 0.601. The molecule has 0 unspecified atom stereocenters. The normalized spacial score (nSPS) is 11.1. The number of hydrogen-bond donors (Lipinski definition) is 0. The number of thiophene rings is 1. The van der Waals surface area contributed by atoms with Crippen molar-refractivity contribution in [1.29, 1.82) is 0 Å². The van der Waals surface area contributed by atoms with Gasteiger partial charge in [0.2, 0.25) is 5.89 Å². The molecule has 0 bridgehead atoms. The highest BCUT2D eigenvalue weighted by Crippen LogP contribution is 2.28. The number of thioether (sulfide) groups is 1. The average Bonchev–Trinajstić information content (AvgIpc) is 3.16. The van der Waals surface area contributed by atoms with Crippen molar-refractivity contribution in [1.82, 2.24) is 24.9 Å². The van der Waals surface area contributed by atoms with E-state index < -0.39 is 0 Å². The summed E-state index contributed by atoms with van der Waals surface area (Å²) in [6.07, 6.45) is 0. The van der Waals surface area contributed by atoms with Crippen LogP contribution in [-0.2, 0) is 12.3 Å². The maximum absolute atomic E-state index is 5.10. The Bertz CT molecular complexity index is 689. The Kier molecular flexibility index (Phi) is 3.83. The number of nitrogens with zero attached hydrogens (tertiary/aromatic N) is 5. The van der Waals surface area contributed by atoms with Gasteiger partial charge in [-0.15, -0.1) is 21.5 Å². The van der Waals surface area contributed by atoms with Gasteiger partial charge in [-0.1, -0.05) is 23.0 Å². The fraction of sp³-hybridized carbons (Fsp3) is 0.333. The quantitative estimate of drug-likeness (QED) is 0.675. The minimum absolute atomic E-state index is 0.601. The van der Waals surface area contributed by atoms with Gasteiger partial charge in [0, 0.05) is 6.54 Å². The molecule has 3 aromatic rings. The molecule has 0 radical (unpaired) electrons. The summed E-state index contributed by atoms with van der Waals surface area (Å²) >= 11 is 3.22. The van der Waals surface area contributed by atoms with Gasteiger partial charge in [0.05, 0.1) is 10.6 Å². The molecule has 0 amide bonds. The molecule has 0 saturated carbocycles. The van der Waals surface area contributed by atoms with Crippen molar-refractivity contribution in [3.8, 4) is 10.7 Å². The molecule has 0 atom stereocenters. The molecule has 0 saturated heterocycles. The van der Waals surface area contributed by atoms with Crippen LogP contribution in [0, 0.1) is 6.92 Å². The van der Waals surface area contributed by atoms with Crippen LogP contribution < -0.4 is 0 Å². The minimum Gasteiger partial charge on any atom is -0.338 e. The van der Waals surface area contributed by atoms with Gasteiger partial charge in [0.25, 0.3) is 0 Å². The van der Waals surface area contributed by atoms with Gasteiger partial charge in [0.1, 0.15) is 0 Å². The molecule has 0 aliphatic rings. The van der Waals surface area contributed by atoms with E-state index in [2.05, 4.69) is 37.9 Å². The monoisotopic (exact) mass is 307 g/mol. The molecule has 104 valence electrons. The topological polar surface area (TPSA) is 69.6 Å². The number of hydrogen-bond acceptors (Lipinski definition) is 7. The zero-order valence-corrected chi connectivity index (χ0v) is 12.7. The van der Waals surface area contributed by atoms with E-state index in [0.29, 0.717) is 17.5 Å². The van der Waals surface area contributed by atoms with Gasteiger partial charge in [-0.25, -0.2) is 0 Å². The predicted octanol–water partition coefficient (Wildman–Crippen LogP) is 3.01. The first kappa shape index (κ1) is 13.3. The van der Waals surface area contributed by atoms with Crippen LogP contribution in [0.2, 0.25) is 0 Å². The summed E-state index contributed by atoms with van der Waals surface area (Å²) in [5, 5.41) is 15.2. The molecule has 6 nitrogen and oxygen atoms in total. The van der Waals surface area contributed by atoms with E-state index in [0.717, 1.165) is 22.4 Å². The number of aryl methyl sites for hydroxylation is 1. The van der Waals surface area contributed by atoms with Crippen molar-refractivity contribution in [2.24, 2.45) is 0 Å². The summed E-state index contributed by atoms with van der Waals surface area (Å²) < 4.78 is 7.20. The van der Waals surface area contributed by atoms with Crippen molar-refractivity contribution < 1.29 is 4.52 Å². The van der Waals surface area contributed by atoms with Crippen LogP contribution in [0.5, 0.6) is 0 Å². The number of aromatic nitrogens is 5. The molecule has 20 heavy (non-hydrogen) atoms. The van der Waals surface area contributed by atoms with Crippen molar-refractivity contribution in [2.45, 2.75) is 31.3 Å². The van der Waals surface area contributed by atoms with Crippen LogP contribution in [0.1, 0.15) is 18.6 Å². The summed E-state index contributed by atoms with van der Waals surface area (Å²) in [6.45, 7) is 4.72. The van der Waals surface area contributed by atoms with E-state index in [1.165, 1.54) is 0 Å². The lowest BCUT2D eigenvalue weighted by Gasteiger charge is -2.04. The molecule has 3 heterocycles. The summed E-state index contributed by atoms with van der Waals surface area (Å²) in [5.74, 6) is 2.77. The van der Waals surface area contributed by atoms with Crippen LogP contribution in [0.25, 0.3) is 10.7 Å². The third kappa shape index (κ3) is 2.61. The lowest BCUT2D eigenvalue weighted by Crippen LogP contribution is -1.99. The van der Waals surface area contributed by atoms with Gasteiger partial charge in [-0.2, -0.15) is 4.98 Å². The van der Waals surface area contributed by atoms with Crippen LogP contribution >= 0.6 is 23.1 Å². The van der Waals surface area contributed by atoms with Gasteiger partial charge in [-0.05, 0) is 25.3 Å². The zero-order valence-electron chi connectivity index (χ0n) is 11.1. The molecule has 0 aromatic carbocycles. The molecule has 0 aliphatic carbocycles. The summed E-state index contributed by atoms with van der Waals surface area (Å²) in [5.41, 5.74) is 0. The highest BCUT2D eigenvalue weighted by atomic mass is 32.2. The lowest BCUT2D eigenvalue weighted by atomic mass is 10.4. The fourth-order valence-corrected chi connectivity index (χ4v) is 3.35. The van der Waals surface area contributed by atoms with Crippen molar-refractivity contribution in [2.75, 3.05) is 0 Å². The van der Waals surface area contributed by atoms with E-state index in [-0.39, 0.29) is 0 Å². The average molecular weight is 307 g/mol. The van der Waals surface area contributed by atoms with E-state index in [1.54, 1.807) is 30.0 Å². The first-order valence-corrected chi connectivity index (χ1v) is 8.03. The van der Waals surface area contributed by atoms with Gasteiger partial charge >= 0.3 is 0 Å². The van der Waals surface area contributed by atoms with Crippen LogP contribution in [0.15, 0.2) is 27.2 Å². The van der Waals surface area contributed by atoms with Crippen molar-refractivity contribution >= 4 is 23.1 Å².